The standard InChI is InChI=1S/C7H11N3O2S2/c1-4(2)8-5(11)6-9-10-7(13-6)14(3)12/h4H,1-3H3,(H,8,11). The van der Waals surface area contributed by atoms with Crippen LogP contribution in [0.3, 0.4) is 0 Å². The van der Waals surface area contributed by atoms with E-state index in [1.54, 1.807) is 0 Å². The van der Waals surface area contributed by atoms with Gasteiger partial charge in [-0.3, -0.25) is 9.00 Å². The van der Waals surface area contributed by atoms with Crippen LogP contribution in [0.15, 0.2) is 4.34 Å². The van der Waals surface area contributed by atoms with Gasteiger partial charge in [-0.25, -0.2) is 0 Å². The molecule has 0 saturated heterocycles. The first-order valence-corrected chi connectivity index (χ1v) is 6.36. The lowest BCUT2D eigenvalue weighted by atomic mass is 10.4. The lowest BCUT2D eigenvalue weighted by Gasteiger charge is -2.04. The molecule has 0 spiro atoms. The van der Waals surface area contributed by atoms with Gasteiger partial charge in [0, 0.05) is 12.3 Å². The fourth-order valence-electron chi connectivity index (χ4n) is 0.742. The maximum absolute atomic E-state index is 11.4. The van der Waals surface area contributed by atoms with E-state index in [0.29, 0.717) is 4.34 Å². The molecule has 1 aromatic heterocycles. The molecule has 5 nitrogen and oxygen atoms in total. The number of rotatable bonds is 3. The van der Waals surface area contributed by atoms with Crippen molar-refractivity contribution in [1.29, 1.82) is 0 Å². The average molecular weight is 233 g/mol. The van der Waals surface area contributed by atoms with Crippen LogP contribution in [0.2, 0.25) is 0 Å². The van der Waals surface area contributed by atoms with Gasteiger partial charge in [0.05, 0.1) is 10.8 Å². The van der Waals surface area contributed by atoms with Crippen molar-refractivity contribution in [2.45, 2.75) is 24.2 Å². The Balaban J connectivity index is 2.76. The molecule has 0 aliphatic rings. The van der Waals surface area contributed by atoms with Crippen LogP contribution in [-0.4, -0.2) is 32.6 Å². The maximum Gasteiger partial charge on any atom is 0.282 e. The number of hydrogen-bond donors (Lipinski definition) is 1. The number of hydrogen-bond acceptors (Lipinski definition) is 5. The van der Waals surface area contributed by atoms with Crippen LogP contribution in [0, 0.1) is 0 Å². The summed E-state index contributed by atoms with van der Waals surface area (Å²) < 4.78 is 11.4. The molecule has 0 bridgehead atoms. The summed E-state index contributed by atoms with van der Waals surface area (Å²) in [6.07, 6.45) is 1.50. The van der Waals surface area contributed by atoms with Crippen LogP contribution < -0.4 is 5.32 Å². The molecule has 1 atom stereocenters. The van der Waals surface area contributed by atoms with Gasteiger partial charge in [-0.05, 0) is 13.8 Å². The predicted octanol–water partition coefficient (Wildman–Crippen LogP) is 0.414. The Kier molecular flexibility index (Phi) is 3.70. The number of amides is 1. The van der Waals surface area contributed by atoms with Gasteiger partial charge in [0.2, 0.25) is 9.35 Å². The largest absolute Gasteiger partial charge is 0.348 e. The molecule has 0 aliphatic carbocycles. The first-order chi connectivity index (χ1) is 6.50. The molecule has 7 heteroatoms. The Labute approximate surface area is 88.4 Å². The first-order valence-electron chi connectivity index (χ1n) is 3.98. The molecule has 1 heterocycles. The zero-order valence-corrected chi connectivity index (χ0v) is 9.74. The molecule has 78 valence electrons. The van der Waals surface area contributed by atoms with Gasteiger partial charge in [-0.2, -0.15) is 0 Å². The fraction of sp³-hybridized carbons (Fsp3) is 0.571. The van der Waals surface area contributed by atoms with Gasteiger partial charge < -0.3 is 5.32 Å². The number of aromatic nitrogens is 2. The van der Waals surface area contributed by atoms with Crippen molar-refractivity contribution in [2.24, 2.45) is 0 Å². The SMILES string of the molecule is CC(C)NC(=O)c1nnc(S(C)=O)s1. The van der Waals surface area contributed by atoms with Crippen LogP contribution in [0.1, 0.15) is 23.6 Å². The third-order valence-corrected chi connectivity index (χ3v) is 3.51. The van der Waals surface area contributed by atoms with Crippen molar-refractivity contribution in [3.8, 4) is 0 Å². The Morgan fingerprint density at radius 1 is 1.50 bits per heavy atom. The van der Waals surface area contributed by atoms with Crippen molar-refractivity contribution < 1.29 is 9.00 Å². The fourth-order valence-corrected chi connectivity index (χ4v) is 2.08. The molecule has 0 radical (unpaired) electrons. The Bertz CT molecular complexity index is 362. The van der Waals surface area contributed by atoms with Gasteiger partial charge in [0.15, 0.2) is 0 Å². The van der Waals surface area contributed by atoms with E-state index in [1.165, 1.54) is 6.26 Å². The van der Waals surface area contributed by atoms with Gasteiger partial charge in [0.25, 0.3) is 5.91 Å². The van der Waals surface area contributed by atoms with E-state index in [9.17, 15) is 9.00 Å². The number of carbonyl (C=O) groups excluding carboxylic acids is 1. The summed E-state index contributed by atoms with van der Waals surface area (Å²) in [6.45, 7) is 3.72. The Morgan fingerprint density at radius 3 is 2.57 bits per heavy atom. The molecule has 0 aromatic carbocycles. The minimum Gasteiger partial charge on any atom is -0.348 e. The molecule has 1 N–H and O–H groups in total. The average Bonchev–Trinajstić information content (AvgIpc) is 2.50. The quantitative estimate of drug-likeness (QED) is 0.821. The summed E-state index contributed by atoms with van der Waals surface area (Å²) in [7, 11) is -1.17. The Hall–Kier alpha value is -0.820. The second-order valence-electron chi connectivity index (χ2n) is 2.96. The molecule has 1 aromatic rings. The maximum atomic E-state index is 11.4. The third kappa shape index (κ3) is 2.85. The Morgan fingerprint density at radius 2 is 2.14 bits per heavy atom. The topological polar surface area (TPSA) is 72.0 Å². The minimum atomic E-state index is -1.17. The van der Waals surface area contributed by atoms with E-state index in [2.05, 4.69) is 15.5 Å². The zero-order chi connectivity index (χ0) is 10.7. The summed E-state index contributed by atoms with van der Waals surface area (Å²) >= 11 is 1.06. The minimum absolute atomic E-state index is 0.0574. The lowest BCUT2D eigenvalue weighted by Crippen LogP contribution is -2.29. The summed E-state index contributed by atoms with van der Waals surface area (Å²) in [5.74, 6) is -0.269. The summed E-state index contributed by atoms with van der Waals surface area (Å²) in [5.41, 5.74) is 0. The van der Waals surface area contributed by atoms with Crippen molar-refractivity contribution in [3.63, 3.8) is 0 Å². The molecule has 0 fully saturated rings. The van der Waals surface area contributed by atoms with E-state index < -0.39 is 10.8 Å². The molecule has 1 rings (SSSR count). The van der Waals surface area contributed by atoms with Crippen LogP contribution in [0.4, 0.5) is 0 Å². The number of nitrogens with one attached hydrogen (secondary N) is 1. The van der Waals surface area contributed by atoms with E-state index >= 15 is 0 Å². The molecular formula is C7H11N3O2S2. The van der Waals surface area contributed by atoms with Crippen molar-refractivity contribution in [1.82, 2.24) is 15.5 Å². The van der Waals surface area contributed by atoms with E-state index in [1.807, 2.05) is 13.8 Å². The highest BCUT2D eigenvalue weighted by molar-refractivity contribution is 7.86. The zero-order valence-electron chi connectivity index (χ0n) is 8.10. The van der Waals surface area contributed by atoms with Crippen LogP contribution >= 0.6 is 11.3 Å². The van der Waals surface area contributed by atoms with E-state index in [-0.39, 0.29) is 17.0 Å². The third-order valence-electron chi connectivity index (χ3n) is 1.27. The number of nitrogens with zero attached hydrogens (tertiary/aromatic N) is 2. The molecule has 14 heavy (non-hydrogen) atoms. The van der Waals surface area contributed by atoms with Gasteiger partial charge >= 0.3 is 0 Å². The predicted molar refractivity (Wildman–Crippen MR) is 54.8 cm³/mol. The highest BCUT2D eigenvalue weighted by Gasteiger charge is 2.14. The van der Waals surface area contributed by atoms with Crippen LogP contribution in [0.5, 0.6) is 0 Å². The van der Waals surface area contributed by atoms with Crippen molar-refractivity contribution in [3.05, 3.63) is 5.01 Å². The normalized spacial score (nSPS) is 12.9. The lowest BCUT2D eigenvalue weighted by molar-refractivity contribution is 0.0942. The molecule has 1 amide bonds. The van der Waals surface area contributed by atoms with Crippen molar-refractivity contribution in [2.75, 3.05) is 6.26 Å². The van der Waals surface area contributed by atoms with Crippen LogP contribution in [-0.2, 0) is 10.8 Å². The van der Waals surface area contributed by atoms with Crippen molar-refractivity contribution >= 4 is 28.0 Å². The highest BCUT2D eigenvalue weighted by atomic mass is 32.2. The van der Waals surface area contributed by atoms with Gasteiger partial charge in [0.1, 0.15) is 0 Å². The monoisotopic (exact) mass is 233 g/mol. The summed E-state index contributed by atoms with van der Waals surface area (Å²) in [5, 5.41) is 10.2. The number of carbonyl (C=O) groups is 1. The molecule has 1 unspecified atom stereocenters. The molecule has 0 aliphatic heterocycles. The van der Waals surface area contributed by atoms with E-state index in [0.717, 1.165) is 11.3 Å². The van der Waals surface area contributed by atoms with Gasteiger partial charge in [-0.1, -0.05) is 11.3 Å². The highest BCUT2D eigenvalue weighted by Crippen LogP contribution is 2.12. The van der Waals surface area contributed by atoms with Crippen LogP contribution in [0.25, 0.3) is 0 Å². The first kappa shape index (κ1) is 11.3. The van der Waals surface area contributed by atoms with E-state index in [4.69, 9.17) is 0 Å². The second-order valence-corrected chi connectivity index (χ2v) is 5.49. The molecular weight excluding hydrogens is 222 g/mol. The second kappa shape index (κ2) is 4.61. The smallest absolute Gasteiger partial charge is 0.282 e. The summed E-state index contributed by atoms with van der Waals surface area (Å²) in [4.78, 5) is 11.4. The van der Waals surface area contributed by atoms with Gasteiger partial charge in [-0.15, -0.1) is 10.2 Å². The molecule has 0 saturated carbocycles. The summed E-state index contributed by atoms with van der Waals surface area (Å²) in [6, 6.07) is 0.0574.